The largest absolute Gasteiger partial charge is 0.326 e. The molecule has 0 saturated heterocycles. The van der Waals surface area contributed by atoms with Gasteiger partial charge in [0.25, 0.3) is 0 Å². The van der Waals surface area contributed by atoms with E-state index in [1.807, 2.05) is 19.9 Å². The Labute approximate surface area is 102 Å². The zero-order valence-corrected chi connectivity index (χ0v) is 11.6. The molecule has 0 aliphatic heterocycles. The highest BCUT2D eigenvalue weighted by molar-refractivity contribution is 7.99. The van der Waals surface area contributed by atoms with Crippen molar-refractivity contribution in [3.63, 3.8) is 0 Å². The molecule has 0 aliphatic carbocycles. The topological polar surface area (TPSA) is 51.8 Å². The molecule has 1 heterocycles. The van der Waals surface area contributed by atoms with Crippen LogP contribution in [0, 0.1) is 19.3 Å². The second kappa shape index (κ2) is 5.15. The Balaban J connectivity index is 2.61. The molecule has 2 N–H and O–H groups in total. The second-order valence-corrected chi connectivity index (χ2v) is 6.20. The normalized spacial score (nSPS) is 13.9. The fraction of sp³-hybridized carbons (Fsp3) is 0.667. The number of aryl methyl sites for hydroxylation is 2. The minimum atomic E-state index is 0.131. The van der Waals surface area contributed by atoms with E-state index in [1.54, 1.807) is 11.8 Å². The average molecular weight is 239 g/mol. The molecule has 4 heteroatoms. The predicted octanol–water partition coefficient (Wildman–Crippen LogP) is 2.56. The van der Waals surface area contributed by atoms with Gasteiger partial charge in [0.2, 0.25) is 0 Å². The molecule has 0 amide bonds. The number of hydrogen-bond acceptors (Lipinski definition) is 4. The summed E-state index contributed by atoms with van der Waals surface area (Å²) < 4.78 is 0. The van der Waals surface area contributed by atoms with E-state index in [2.05, 4.69) is 30.7 Å². The molecule has 16 heavy (non-hydrogen) atoms. The molecule has 1 atom stereocenters. The van der Waals surface area contributed by atoms with E-state index in [0.717, 1.165) is 22.3 Å². The quantitative estimate of drug-likeness (QED) is 0.650. The molecule has 3 nitrogen and oxygen atoms in total. The number of nitrogens with zero attached hydrogens (tertiary/aromatic N) is 2. The van der Waals surface area contributed by atoms with Gasteiger partial charge in [0.1, 0.15) is 0 Å². The zero-order chi connectivity index (χ0) is 12.3. The first kappa shape index (κ1) is 13.5. The van der Waals surface area contributed by atoms with Gasteiger partial charge in [-0.1, -0.05) is 32.5 Å². The molecule has 0 aliphatic rings. The lowest BCUT2D eigenvalue weighted by atomic mass is 9.89. The van der Waals surface area contributed by atoms with E-state index in [4.69, 9.17) is 5.73 Å². The average Bonchev–Trinajstić information content (AvgIpc) is 2.11. The van der Waals surface area contributed by atoms with E-state index in [9.17, 15) is 0 Å². The van der Waals surface area contributed by atoms with Gasteiger partial charge in [-0.3, -0.25) is 0 Å². The summed E-state index contributed by atoms with van der Waals surface area (Å²) >= 11 is 1.64. The van der Waals surface area contributed by atoms with Crippen molar-refractivity contribution < 1.29 is 0 Å². The van der Waals surface area contributed by atoms with Gasteiger partial charge < -0.3 is 5.73 Å². The molecular formula is C12H21N3S. The molecule has 0 bridgehead atoms. The third-order valence-corrected chi connectivity index (χ3v) is 3.43. The third kappa shape index (κ3) is 4.10. The molecule has 0 radical (unpaired) electrons. The summed E-state index contributed by atoms with van der Waals surface area (Å²) in [5.41, 5.74) is 8.26. The lowest BCUT2D eigenvalue weighted by Gasteiger charge is -2.26. The fourth-order valence-corrected chi connectivity index (χ4v) is 2.42. The van der Waals surface area contributed by atoms with Crippen molar-refractivity contribution in [1.82, 2.24) is 9.97 Å². The lowest BCUT2D eigenvalue weighted by Crippen LogP contribution is -2.37. The number of hydrogen-bond donors (Lipinski definition) is 1. The number of thioether (sulfide) groups is 1. The maximum absolute atomic E-state index is 6.10. The SMILES string of the molecule is Cc1cc(C)nc(SCC(N)C(C)(C)C)n1. The van der Waals surface area contributed by atoms with E-state index in [1.165, 1.54) is 0 Å². The first-order valence-corrected chi connectivity index (χ1v) is 6.48. The molecule has 0 saturated carbocycles. The van der Waals surface area contributed by atoms with Crippen LogP contribution < -0.4 is 5.73 Å². The number of nitrogens with two attached hydrogens (primary N) is 1. The standard InChI is InChI=1S/C12H21N3S/c1-8-6-9(2)15-11(14-8)16-7-10(13)12(3,4)5/h6,10H,7,13H2,1-5H3. The van der Waals surface area contributed by atoms with E-state index in [-0.39, 0.29) is 11.5 Å². The van der Waals surface area contributed by atoms with Gasteiger partial charge in [0.15, 0.2) is 5.16 Å². The van der Waals surface area contributed by atoms with E-state index >= 15 is 0 Å². The summed E-state index contributed by atoms with van der Waals surface area (Å²) in [7, 11) is 0. The Morgan fingerprint density at radius 3 is 2.19 bits per heavy atom. The fourth-order valence-electron chi connectivity index (χ4n) is 1.17. The monoisotopic (exact) mass is 239 g/mol. The van der Waals surface area contributed by atoms with Crippen molar-refractivity contribution in [2.45, 2.75) is 45.8 Å². The highest BCUT2D eigenvalue weighted by Crippen LogP contribution is 2.23. The Bertz CT molecular complexity index is 338. The molecule has 1 aromatic heterocycles. The maximum atomic E-state index is 6.10. The zero-order valence-electron chi connectivity index (χ0n) is 10.7. The lowest BCUT2D eigenvalue weighted by molar-refractivity contribution is 0.344. The van der Waals surface area contributed by atoms with Crippen molar-refractivity contribution >= 4 is 11.8 Å². The van der Waals surface area contributed by atoms with Crippen LogP contribution >= 0.6 is 11.8 Å². The van der Waals surface area contributed by atoms with Gasteiger partial charge in [-0.25, -0.2) is 9.97 Å². The first-order valence-electron chi connectivity index (χ1n) is 5.49. The number of rotatable bonds is 3. The summed E-state index contributed by atoms with van der Waals surface area (Å²) in [4.78, 5) is 8.77. The third-order valence-electron chi connectivity index (χ3n) is 2.47. The molecule has 90 valence electrons. The summed E-state index contributed by atoms with van der Waals surface area (Å²) in [6.07, 6.45) is 0. The molecule has 0 spiro atoms. The van der Waals surface area contributed by atoms with Gasteiger partial charge >= 0.3 is 0 Å². The van der Waals surface area contributed by atoms with Crippen molar-refractivity contribution in [2.75, 3.05) is 5.75 Å². The van der Waals surface area contributed by atoms with Crippen molar-refractivity contribution in [3.05, 3.63) is 17.5 Å². The van der Waals surface area contributed by atoms with Crippen LogP contribution in [0.5, 0.6) is 0 Å². The summed E-state index contributed by atoms with van der Waals surface area (Å²) in [6, 6.07) is 2.13. The van der Waals surface area contributed by atoms with Crippen LogP contribution in [-0.2, 0) is 0 Å². The minimum absolute atomic E-state index is 0.131. The first-order chi connectivity index (χ1) is 7.29. The van der Waals surface area contributed by atoms with Crippen LogP contribution in [0.3, 0.4) is 0 Å². The van der Waals surface area contributed by atoms with Gasteiger partial charge in [-0.2, -0.15) is 0 Å². The van der Waals surface area contributed by atoms with Gasteiger partial charge in [0, 0.05) is 23.2 Å². The highest BCUT2D eigenvalue weighted by Gasteiger charge is 2.20. The van der Waals surface area contributed by atoms with Gasteiger partial charge in [0.05, 0.1) is 0 Å². The minimum Gasteiger partial charge on any atom is -0.326 e. The van der Waals surface area contributed by atoms with E-state index < -0.39 is 0 Å². The Kier molecular flexibility index (Phi) is 4.33. The van der Waals surface area contributed by atoms with Gasteiger partial charge in [-0.15, -0.1) is 0 Å². The molecule has 0 aromatic carbocycles. The number of aromatic nitrogens is 2. The second-order valence-electron chi connectivity index (χ2n) is 5.22. The maximum Gasteiger partial charge on any atom is 0.188 e. The molecule has 0 fully saturated rings. The van der Waals surface area contributed by atoms with Crippen LogP contribution in [-0.4, -0.2) is 21.8 Å². The van der Waals surface area contributed by atoms with Crippen LogP contribution in [0.2, 0.25) is 0 Å². The smallest absolute Gasteiger partial charge is 0.188 e. The highest BCUT2D eigenvalue weighted by atomic mass is 32.2. The van der Waals surface area contributed by atoms with Crippen LogP contribution in [0.15, 0.2) is 11.2 Å². The van der Waals surface area contributed by atoms with Crippen LogP contribution in [0.25, 0.3) is 0 Å². The van der Waals surface area contributed by atoms with Crippen molar-refractivity contribution in [1.29, 1.82) is 0 Å². The summed E-state index contributed by atoms with van der Waals surface area (Å²) in [5, 5.41) is 0.831. The van der Waals surface area contributed by atoms with Crippen LogP contribution in [0.4, 0.5) is 0 Å². The Hall–Kier alpha value is -0.610. The molecular weight excluding hydrogens is 218 g/mol. The Morgan fingerprint density at radius 2 is 1.75 bits per heavy atom. The Morgan fingerprint density at radius 1 is 1.25 bits per heavy atom. The molecule has 1 aromatic rings. The van der Waals surface area contributed by atoms with Crippen LogP contribution in [0.1, 0.15) is 32.2 Å². The van der Waals surface area contributed by atoms with E-state index in [0.29, 0.717) is 0 Å². The van der Waals surface area contributed by atoms with Gasteiger partial charge in [-0.05, 0) is 25.3 Å². The summed E-state index contributed by atoms with van der Waals surface area (Å²) in [5.74, 6) is 0.854. The predicted molar refractivity (Wildman–Crippen MR) is 69.7 cm³/mol. The molecule has 1 unspecified atom stereocenters. The van der Waals surface area contributed by atoms with Crippen molar-refractivity contribution in [2.24, 2.45) is 11.1 Å². The van der Waals surface area contributed by atoms with Crippen molar-refractivity contribution in [3.8, 4) is 0 Å². The summed E-state index contributed by atoms with van der Waals surface area (Å²) in [6.45, 7) is 10.4. The molecule has 1 rings (SSSR count).